The number of aryl methyl sites for hydroxylation is 1. The van der Waals surface area contributed by atoms with Gasteiger partial charge >= 0.3 is 0 Å². The summed E-state index contributed by atoms with van der Waals surface area (Å²) in [6.45, 7) is 1.83. The molecule has 0 bridgehead atoms. The van der Waals surface area contributed by atoms with Crippen LogP contribution in [0.15, 0.2) is 33.3 Å². The van der Waals surface area contributed by atoms with Crippen LogP contribution in [0.3, 0.4) is 0 Å². The van der Waals surface area contributed by atoms with Crippen molar-refractivity contribution in [1.82, 2.24) is 10.5 Å². The molecular formula is C11H12N2O4. The van der Waals surface area contributed by atoms with Crippen molar-refractivity contribution in [2.75, 3.05) is 6.54 Å². The number of nitrogens with zero attached hydrogens (tertiary/aromatic N) is 1. The molecule has 0 radical (unpaired) electrons. The van der Waals surface area contributed by atoms with Crippen LogP contribution in [0.1, 0.15) is 28.2 Å². The lowest BCUT2D eigenvalue weighted by Gasteiger charge is -2.08. The topological polar surface area (TPSA) is 88.5 Å². The summed E-state index contributed by atoms with van der Waals surface area (Å²) in [6, 6.07) is 4.86. The van der Waals surface area contributed by atoms with Gasteiger partial charge in [0.1, 0.15) is 17.6 Å². The van der Waals surface area contributed by atoms with Gasteiger partial charge in [-0.25, -0.2) is 0 Å². The van der Waals surface area contributed by atoms with E-state index >= 15 is 0 Å². The summed E-state index contributed by atoms with van der Waals surface area (Å²) in [6.07, 6.45) is 0.497. The van der Waals surface area contributed by atoms with E-state index in [1.54, 1.807) is 19.1 Å². The minimum absolute atomic E-state index is 0.0481. The monoisotopic (exact) mass is 236 g/mol. The maximum atomic E-state index is 11.5. The smallest absolute Gasteiger partial charge is 0.289 e. The molecule has 2 N–H and O–H groups in total. The van der Waals surface area contributed by atoms with Crippen LogP contribution < -0.4 is 5.32 Å². The van der Waals surface area contributed by atoms with Crippen LogP contribution >= 0.6 is 0 Å². The molecule has 1 atom stereocenters. The van der Waals surface area contributed by atoms with Gasteiger partial charge in [0.15, 0.2) is 0 Å². The summed E-state index contributed by atoms with van der Waals surface area (Å²) < 4.78 is 9.90. The van der Waals surface area contributed by atoms with Crippen LogP contribution in [-0.2, 0) is 0 Å². The van der Waals surface area contributed by atoms with Crippen LogP contribution in [0.2, 0.25) is 0 Å². The zero-order valence-electron chi connectivity index (χ0n) is 9.21. The fourth-order valence-electron chi connectivity index (χ4n) is 1.34. The summed E-state index contributed by atoms with van der Waals surface area (Å²) in [4.78, 5) is 11.5. The molecule has 0 aliphatic rings. The van der Waals surface area contributed by atoms with E-state index in [9.17, 15) is 9.90 Å². The number of aromatic nitrogens is 1. The number of aliphatic hydroxyl groups is 1. The molecule has 0 saturated heterocycles. The Bertz CT molecular complexity index is 489. The number of carbonyl (C=O) groups is 1. The molecule has 17 heavy (non-hydrogen) atoms. The zero-order chi connectivity index (χ0) is 12.3. The van der Waals surface area contributed by atoms with E-state index in [1.807, 2.05) is 0 Å². The molecule has 2 aromatic heterocycles. The number of hydrogen-bond donors (Lipinski definition) is 2. The van der Waals surface area contributed by atoms with Crippen molar-refractivity contribution < 1.29 is 18.8 Å². The minimum Gasteiger partial charge on any atom is -0.464 e. The van der Waals surface area contributed by atoms with Gasteiger partial charge in [0.2, 0.25) is 5.76 Å². The van der Waals surface area contributed by atoms with E-state index in [2.05, 4.69) is 15.0 Å². The first kappa shape index (κ1) is 11.4. The molecule has 0 fully saturated rings. The molecule has 1 unspecified atom stereocenters. The fraction of sp³-hybridized carbons (Fsp3) is 0.273. The summed E-state index contributed by atoms with van der Waals surface area (Å²) >= 11 is 0. The third-order valence-electron chi connectivity index (χ3n) is 2.21. The van der Waals surface area contributed by atoms with Crippen molar-refractivity contribution in [2.45, 2.75) is 13.0 Å². The number of rotatable bonds is 4. The van der Waals surface area contributed by atoms with Crippen molar-refractivity contribution in [3.05, 3.63) is 41.7 Å². The molecule has 90 valence electrons. The van der Waals surface area contributed by atoms with Crippen LogP contribution in [0, 0.1) is 6.92 Å². The number of hydrogen-bond acceptors (Lipinski definition) is 5. The second kappa shape index (κ2) is 4.84. The molecular weight excluding hydrogens is 224 g/mol. The second-order valence-corrected chi connectivity index (χ2v) is 3.55. The third kappa shape index (κ3) is 2.73. The molecule has 1 amide bonds. The lowest BCUT2D eigenvalue weighted by Crippen LogP contribution is -2.27. The Morgan fingerprint density at radius 1 is 1.53 bits per heavy atom. The molecule has 2 heterocycles. The average Bonchev–Trinajstić information content (AvgIpc) is 2.95. The van der Waals surface area contributed by atoms with Crippen molar-refractivity contribution in [2.24, 2.45) is 0 Å². The summed E-state index contributed by atoms with van der Waals surface area (Å²) in [5.74, 6) is 0.804. The van der Waals surface area contributed by atoms with E-state index in [0.29, 0.717) is 11.5 Å². The van der Waals surface area contributed by atoms with Gasteiger partial charge in [-0.2, -0.15) is 0 Å². The van der Waals surface area contributed by atoms with Gasteiger partial charge in [0, 0.05) is 6.07 Å². The van der Waals surface area contributed by atoms with Gasteiger partial charge in [-0.3, -0.25) is 4.79 Å². The standard InChI is InChI=1S/C11H12N2O4/c1-7-2-3-9(16-7)8(14)6-12-11(15)10-4-5-13-17-10/h2-5,8,14H,6H2,1H3,(H,12,15). The van der Waals surface area contributed by atoms with Crippen LogP contribution in [-0.4, -0.2) is 22.7 Å². The number of carbonyl (C=O) groups excluding carboxylic acids is 1. The molecule has 2 rings (SSSR count). The molecule has 0 aromatic carbocycles. The Morgan fingerprint density at radius 3 is 2.94 bits per heavy atom. The van der Waals surface area contributed by atoms with Gasteiger partial charge in [0.05, 0.1) is 12.7 Å². The van der Waals surface area contributed by atoms with E-state index in [4.69, 9.17) is 4.42 Å². The first-order valence-electron chi connectivity index (χ1n) is 5.10. The van der Waals surface area contributed by atoms with Gasteiger partial charge in [0.25, 0.3) is 5.91 Å². The van der Waals surface area contributed by atoms with Gasteiger partial charge in [-0.1, -0.05) is 5.16 Å². The lowest BCUT2D eigenvalue weighted by atomic mass is 10.2. The summed E-state index contributed by atoms with van der Waals surface area (Å²) in [5, 5.41) is 15.7. The first-order chi connectivity index (χ1) is 8.16. The summed E-state index contributed by atoms with van der Waals surface area (Å²) in [7, 11) is 0. The number of nitrogens with one attached hydrogen (secondary N) is 1. The van der Waals surface area contributed by atoms with E-state index < -0.39 is 12.0 Å². The maximum absolute atomic E-state index is 11.5. The fourth-order valence-corrected chi connectivity index (χ4v) is 1.34. The van der Waals surface area contributed by atoms with Gasteiger partial charge < -0.3 is 19.4 Å². The van der Waals surface area contributed by atoms with Crippen LogP contribution in [0.5, 0.6) is 0 Å². The Kier molecular flexibility index (Phi) is 3.24. The van der Waals surface area contributed by atoms with Crippen molar-refractivity contribution >= 4 is 5.91 Å². The van der Waals surface area contributed by atoms with Crippen LogP contribution in [0.25, 0.3) is 0 Å². The highest BCUT2D eigenvalue weighted by molar-refractivity contribution is 5.91. The van der Waals surface area contributed by atoms with E-state index in [0.717, 1.165) is 0 Å². The predicted octanol–water partition coefficient (Wildman–Crippen LogP) is 1.04. The lowest BCUT2D eigenvalue weighted by molar-refractivity contribution is 0.0865. The summed E-state index contributed by atoms with van der Waals surface area (Å²) in [5.41, 5.74) is 0. The minimum atomic E-state index is -0.879. The maximum Gasteiger partial charge on any atom is 0.289 e. The molecule has 6 heteroatoms. The predicted molar refractivity (Wildman–Crippen MR) is 57.2 cm³/mol. The zero-order valence-corrected chi connectivity index (χ0v) is 9.21. The van der Waals surface area contributed by atoms with Crippen LogP contribution in [0.4, 0.5) is 0 Å². The van der Waals surface area contributed by atoms with Crippen molar-refractivity contribution in [3.63, 3.8) is 0 Å². The number of amides is 1. The SMILES string of the molecule is Cc1ccc(C(O)CNC(=O)c2ccno2)o1. The Morgan fingerprint density at radius 2 is 2.35 bits per heavy atom. The number of furan rings is 1. The molecule has 6 nitrogen and oxygen atoms in total. The van der Waals surface area contributed by atoms with E-state index in [1.165, 1.54) is 12.3 Å². The number of aliphatic hydroxyl groups excluding tert-OH is 1. The average molecular weight is 236 g/mol. The quantitative estimate of drug-likeness (QED) is 0.827. The van der Waals surface area contributed by atoms with E-state index in [-0.39, 0.29) is 12.3 Å². The molecule has 0 saturated carbocycles. The van der Waals surface area contributed by atoms with Crippen molar-refractivity contribution in [1.29, 1.82) is 0 Å². The van der Waals surface area contributed by atoms with Gasteiger partial charge in [-0.05, 0) is 19.1 Å². The Balaban J connectivity index is 1.88. The Hall–Kier alpha value is -2.08. The third-order valence-corrected chi connectivity index (χ3v) is 2.21. The molecule has 2 aromatic rings. The first-order valence-corrected chi connectivity index (χ1v) is 5.10. The Labute approximate surface area is 97.2 Å². The largest absolute Gasteiger partial charge is 0.464 e. The van der Waals surface area contributed by atoms with Crippen molar-refractivity contribution in [3.8, 4) is 0 Å². The highest BCUT2D eigenvalue weighted by Crippen LogP contribution is 2.15. The molecule has 0 aliphatic heterocycles. The van der Waals surface area contributed by atoms with Gasteiger partial charge in [-0.15, -0.1) is 0 Å². The highest BCUT2D eigenvalue weighted by atomic mass is 16.5. The normalized spacial score (nSPS) is 12.4. The molecule has 0 aliphatic carbocycles. The second-order valence-electron chi connectivity index (χ2n) is 3.55. The highest BCUT2D eigenvalue weighted by Gasteiger charge is 2.15. The molecule has 0 spiro atoms.